The van der Waals surface area contributed by atoms with Crippen molar-refractivity contribution in [3.63, 3.8) is 0 Å². The van der Waals surface area contributed by atoms with Crippen molar-refractivity contribution in [3.8, 4) is 0 Å². The molecule has 0 aliphatic carbocycles. The number of rotatable bonds is 5. The highest BCUT2D eigenvalue weighted by Crippen LogP contribution is 2.34. The van der Waals surface area contributed by atoms with E-state index in [9.17, 15) is 0 Å². The van der Waals surface area contributed by atoms with E-state index in [-0.39, 0.29) is 12.1 Å². The molecule has 7 heteroatoms. The Morgan fingerprint density at radius 1 is 1.33 bits per heavy atom. The highest BCUT2D eigenvalue weighted by atomic mass is 16.5. The maximum Gasteiger partial charge on any atom is 0.103 e. The van der Waals surface area contributed by atoms with Gasteiger partial charge < -0.3 is 10.1 Å². The van der Waals surface area contributed by atoms with E-state index in [1.807, 2.05) is 36.3 Å². The number of ether oxygens (including phenoxy) is 1. The van der Waals surface area contributed by atoms with Crippen molar-refractivity contribution in [1.29, 1.82) is 0 Å². The smallest absolute Gasteiger partial charge is 0.103 e. The Labute approximate surface area is 141 Å². The normalized spacial score (nSPS) is 30.0. The Hall–Kier alpha value is -1.80. The number of nitrogens with zero attached hydrogens (tertiary/aromatic N) is 3. The fraction of sp³-hybridized carbons (Fsp3) is 0.529. The van der Waals surface area contributed by atoms with Crippen LogP contribution in [0, 0.1) is 5.92 Å². The molecule has 2 aromatic heterocycles. The second-order valence-corrected chi connectivity index (χ2v) is 6.49. The van der Waals surface area contributed by atoms with E-state index < -0.39 is 0 Å². The SMILES string of the molecule is Cn1nccc1[C@@H]1OCC[C@H]1CNC1CNNC1c1ccccn1. The molecule has 3 N–H and O–H groups in total. The second kappa shape index (κ2) is 6.98. The lowest BCUT2D eigenvalue weighted by molar-refractivity contribution is 0.0831. The Morgan fingerprint density at radius 2 is 2.29 bits per heavy atom. The minimum Gasteiger partial charge on any atom is -0.372 e. The summed E-state index contributed by atoms with van der Waals surface area (Å²) in [7, 11) is 1.98. The molecule has 2 aliphatic heterocycles. The third kappa shape index (κ3) is 3.08. The largest absolute Gasteiger partial charge is 0.372 e. The van der Waals surface area contributed by atoms with E-state index in [1.165, 1.54) is 0 Å². The molecular weight excluding hydrogens is 304 g/mol. The lowest BCUT2D eigenvalue weighted by Crippen LogP contribution is -2.39. The van der Waals surface area contributed by atoms with Crippen molar-refractivity contribution in [1.82, 2.24) is 30.9 Å². The van der Waals surface area contributed by atoms with Gasteiger partial charge in [0, 0.05) is 51.1 Å². The van der Waals surface area contributed by atoms with Crippen LogP contribution >= 0.6 is 0 Å². The van der Waals surface area contributed by atoms with Crippen molar-refractivity contribution in [2.75, 3.05) is 19.7 Å². The molecule has 2 fully saturated rings. The summed E-state index contributed by atoms with van der Waals surface area (Å²) in [4.78, 5) is 4.48. The van der Waals surface area contributed by atoms with Gasteiger partial charge in [-0.2, -0.15) is 5.10 Å². The number of aryl methyl sites for hydroxylation is 1. The zero-order chi connectivity index (χ0) is 16.4. The quantitative estimate of drug-likeness (QED) is 0.750. The first-order chi connectivity index (χ1) is 11.8. The fourth-order valence-corrected chi connectivity index (χ4v) is 3.66. The Bertz CT molecular complexity index is 660. The molecule has 2 aromatic rings. The summed E-state index contributed by atoms with van der Waals surface area (Å²) < 4.78 is 7.89. The molecule has 0 aromatic carbocycles. The highest BCUT2D eigenvalue weighted by molar-refractivity contribution is 5.13. The Balaban J connectivity index is 1.40. The molecule has 2 saturated heterocycles. The van der Waals surface area contributed by atoms with Gasteiger partial charge in [-0.15, -0.1) is 0 Å². The van der Waals surface area contributed by atoms with Gasteiger partial charge in [0.15, 0.2) is 0 Å². The van der Waals surface area contributed by atoms with Gasteiger partial charge in [-0.1, -0.05) is 6.07 Å². The average Bonchev–Trinajstić information content (AvgIpc) is 3.33. The molecule has 0 radical (unpaired) electrons. The zero-order valence-electron chi connectivity index (χ0n) is 13.9. The molecule has 2 unspecified atom stereocenters. The molecular formula is C17H24N6O. The van der Waals surface area contributed by atoms with Crippen molar-refractivity contribution in [2.45, 2.75) is 24.6 Å². The number of hydrogen-bond donors (Lipinski definition) is 3. The molecule has 0 amide bonds. The third-order valence-electron chi connectivity index (χ3n) is 5.00. The van der Waals surface area contributed by atoms with Gasteiger partial charge in [-0.3, -0.25) is 15.1 Å². The van der Waals surface area contributed by atoms with Gasteiger partial charge in [0.2, 0.25) is 0 Å². The summed E-state index contributed by atoms with van der Waals surface area (Å²) in [6.07, 6.45) is 4.88. The first-order valence-electron chi connectivity index (χ1n) is 8.55. The van der Waals surface area contributed by atoms with Gasteiger partial charge in [0.25, 0.3) is 0 Å². The molecule has 4 heterocycles. The standard InChI is InChI=1S/C17H24N6O/c1-23-15(5-8-21-23)17-12(6-9-24-17)10-19-14-11-20-22-16(14)13-4-2-3-7-18-13/h2-5,7-8,12,14,16-17,19-20,22H,6,9-11H2,1H3/t12-,14?,16?,17+/m0/s1. The molecule has 4 atom stereocenters. The molecule has 2 aliphatic rings. The summed E-state index contributed by atoms with van der Waals surface area (Å²) >= 11 is 0. The summed E-state index contributed by atoms with van der Waals surface area (Å²) in [6, 6.07) is 8.59. The fourth-order valence-electron chi connectivity index (χ4n) is 3.66. The molecule has 7 nitrogen and oxygen atoms in total. The highest BCUT2D eigenvalue weighted by Gasteiger charge is 2.34. The van der Waals surface area contributed by atoms with Gasteiger partial charge in [0.1, 0.15) is 6.10 Å². The van der Waals surface area contributed by atoms with Crippen molar-refractivity contribution in [3.05, 3.63) is 48.0 Å². The van der Waals surface area contributed by atoms with Crippen LogP contribution in [-0.2, 0) is 11.8 Å². The van der Waals surface area contributed by atoms with Crippen LogP contribution < -0.4 is 16.2 Å². The van der Waals surface area contributed by atoms with E-state index in [0.717, 1.165) is 37.5 Å². The molecule has 0 saturated carbocycles. The van der Waals surface area contributed by atoms with Crippen LogP contribution in [0.4, 0.5) is 0 Å². The summed E-state index contributed by atoms with van der Waals surface area (Å²) in [5, 5.41) is 7.98. The molecule has 128 valence electrons. The van der Waals surface area contributed by atoms with E-state index >= 15 is 0 Å². The average molecular weight is 328 g/mol. The van der Waals surface area contributed by atoms with E-state index in [2.05, 4.69) is 38.4 Å². The van der Waals surface area contributed by atoms with Gasteiger partial charge >= 0.3 is 0 Å². The van der Waals surface area contributed by atoms with Crippen molar-refractivity contribution >= 4 is 0 Å². The Morgan fingerprint density at radius 3 is 3.08 bits per heavy atom. The van der Waals surface area contributed by atoms with Gasteiger partial charge in [-0.25, -0.2) is 5.43 Å². The van der Waals surface area contributed by atoms with Gasteiger partial charge in [0.05, 0.1) is 17.4 Å². The van der Waals surface area contributed by atoms with E-state index in [4.69, 9.17) is 4.74 Å². The van der Waals surface area contributed by atoms with Crippen LogP contribution in [0.2, 0.25) is 0 Å². The topological polar surface area (TPSA) is 76.0 Å². The zero-order valence-corrected chi connectivity index (χ0v) is 13.9. The summed E-state index contributed by atoms with van der Waals surface area (Å²) in [6.45, 7) is 2.62. The number of nitrogens with one attached hydrogen (secondary N) is 3. The molecule has 24 heavy (non-hydrogen) atoms. The monoisotopic (exact) mass is 328 g/mol. The Kier molecular flexibility index (Phi) is 4.57. The molecule has 0 spiro atoms. The van der Waals surface area contributed by atoms with Crippen molar-refractivity contribution < 1.29 is 4.74 Å². The second-order valence-electron chi connectivity index (χ2n) is 6.49. The van der Waals surface area contributed by atoms with Crippen LogP contribution in [0.15, 0.2) is 36.7 Å². The van der Waals surface area contributed by atoms with E-state index in [0.29, 0.717) is 12.0 Å². The number of hydrazine groups is 1. The number of pyridine rings is 1. The van der Waals surface area contributed by atoms with Crippen LogP contribution in [-0.4, -0.2) is 40.5 Å². The number of hydrogen-bond acceptors (Lipinski definition) is 6. The molecule has 0 bridgehead atoms. The van der Waals surface area contributed by atoms with Crippen LogP contribution in [0.3, 0.4) is 0 Å². The maximum absolute atomic E-state index is 5.97. The number of aromatic nitrogens is 3. The van der Waals surface area contributed by atoms with Crippen LogP contribution in [0.25, 0.3) is 0 Å². The predicted octanol–water partition coefficient (Wildman–Crippen LogP) is 0.700. The minimum atomic E-state index is 0.126. The lowest BCUT2D eigenvalue weighted by atomic mass is 9.97. The third-order valence-corrected chi connectivity index (χ3v) is 5.00. The van der Waals surface area contributed by atoms with Crippen LogP contribution in [0.1, 0.15) is 30.0 Å². The van der Waals surface area contributed by atoms with Crippen LogP contribution in [0.5, 0.6) is 0 Å². The summed E-state index contributed by atoms with van der Waals surface area (Å²) in [5.74, 6) is 0.463. The first-order valence-corrected chi connectivity index (χ1v) is 8.55. The maximum atomic E-state index is 5.97. The minimum absolute atomic E-state index is 0.126. The summed E-state index contributed by atoms with van der Waals surface area (Å²) in [5.41, 5.74) is 8.79. The lowest BCUT2D eigenvalue weighted by Gasteiger charge is -2.24. The first kappa shape index (κ1) is 15.7. The van der Waals surface area contributed by atoms with Crippen molar-refractivity contribution in [2.24, 2.45) is 13.0 Å². The van der Waals surface area contributed by atoms with E-state index in [1.54, 1.807) is 0 Å². The molecule has 4 rings (SSSR count). The van der Waals surface area contributed by atoms with Gasteiger partial charge in [-0.05, 0) is 24.6 Å². The predicted molar refractivity (Wildman–Crippen MR) is 89.9 cm³/mol.